The molecule has 0 amide bonds. The summed E-state index contributed by atoms with van der Waals surface area (Å²) in [6.45, 7) is 13.2. The number of allylic oxidation sites excluding steroid dienone is 4. The Morgan fingerprint density at radius 1 is 0.786 bits per heavy atom. The summed E-state index contributed by atoms with van der Waals surface area (Å²) >= 11 is 0. The molecule has 0 aliphatic heterocycles. The van der Waals surface area contributed by atoms with Crippen molar-refractivity contribution >= 4 is 0 Å². The summed E-state index contributed by atoms with van der Waals surface area (Å²) in [6.07, 6.45) is 4.18. The maximum Gasteiger partial charge on any atom is 0.118 e. The smallest absolute Gasteiger partial charge is 0.118 e. The fraction of sp³-hybridized carbons (Fsp3) is 0.385. The van der Waals surface area contributed by atoms with Gasteiger partial charge >= 0.3 is 0 Å². The Morgan fingerprint density at radius 3 is 1.96 bits per heavy atom. The van der Waals surface area contributed by atoms with Gasteiger partial charge in [0.25, 0.3) is 0 Å². The first kappa shape index (κ1) is 21.8. The van der Waals surface area contributed by atoms with Crippen LogP contribution < -0.4 is 4.74 Å². The zero-order valence-electron chi connectivity index (χ0n) is 18.6. The lowest BCUT2D eigenvalue weighted by Gasteiger charge is -2.31. The molecule has 0 radical (unpaired) electrons. The van der Waals surface area contributed by atoms with Crippen molar-refractivity contribution in [2.24, 2.45) is 0 Å². The first-order valence-electron chi connectivity index (χ1n) is 9.78. The lowest BCUT2D eigenvalue weighted by Crippen LogP contribution is -2.22. The average Bonchev–Trinajstić information content (AvgIpc) is 2.71. The number of methoxy groups -OCH3 is 2. The average molecular weight is 379 g/mol. The van der Waals surface area contributed by atoms with E-state index < -0.39 is 0 Å². The second-order valence-electron chi connectivity index (χ2n) is 8.39. The fourth-order valence-corrected chi connectivity index (χ4v) is 3.22. The van der Waals surface area contributed by atoms with E-state index in [4.69, 9.17) is 9.47 Å². The SMILES string of the molecule is CO/C(C)=C/C=C(\C)C(C)(C)c1cccc(C(C)(C)c2ccc(OC)cc2)c1. The third-order valence-electron chi connectivity index (χ3n) is 5.99. The topological polar surface area (TPSA) is 18.5 Å². The largest absolute Gasteiger partial charge is 0.501 e. The van der Waals surface area contributed by atoms with E-state index in [2.05, 4.69) is 77.1 Å². The summed E-state index contributed by atoms with van der Waals surface area (Å²) < 4.78 is 10.6. The van der Waals surface area contributed by atoms with E-state index in [1.54, 1.807) is 14.2 Å². The Labute approximate surface area is 170 Å². The Balaban J connectivity index is 2.41. The number of hydrogen-bond acceptors (Lipinski definition) is 2. The molecule has 2 aromatic rings. The molecule has 0 saturated heterocycles. The van der Waals surface area contributed by atoms with Crippen molar-refractivity contribution in [2.75, 3.05) is 14.2 Å². The van der Waals surface area contributed by atoms with Gasteiger partial charge in [0, 0.05) is 10.8 Å². The van der Waals surface area contributed by atoms with E-state index in [0.717, 1.165) is 11.5 Å². The highest BCUT2D eigenvalue weighted by atomic mass is 16.5. The molecule has 0 N–H and O–H groups in total. The van der Waals surface area contributed by atoms with E-state index in [9.17, 15) is 0 Å². The molecule has 28 heavy (non-hydrogen) atoms. The molecule has 0 aliphatic rings. The van der Waals surface area contributed by atoms with Gasteiger partial charge in [0.15, 0.2) is 0 Å². The Morgan fingerprint density at radius 2 is 1.39 bits per heavy atom. The molecular formula is C26H34O2. The molecule has 0 atom stereocenters. The summed E-state index contributed by atoms with van der Waals surface area (Å²) in [7, 11) is 3.40. The van der Waals surface area contributed by atoms with Crippen LogP contribution in [0.15, 0.2) is 72.0 Å². The molecule has 0 aromatic heterocycles. The van der Waals surface area contributed by atoms with Crippen LogP contribution in [-0.4, -0.2) is 14.2 Å². The van der Waals surface area contributed by atoms with Crippen molar-refractivity contribution in [3.8, 4) is 5.75 Å². The van der Waals surface area contributed by atoms with Gasteiger partial charge in [-0.25, -0.2) is 0 Å². The van der Waals surface area contributed by atoms with E-state index in [0.29, 0.717) is 0 Å². The van der Waals surface area contributed by atoms with Gasteiger partial charge in [-0.2, -0.15) is 0 Å². The molecule has 150 valence electrons. The van der Waals surface area contributed by atoms with Crippen LogP contribution in [0.1, 0.15) is 58.2 Å². The Bertz CT molecular complexity index is 852. The van der Waals surface area contributed by atoms with Crippen molar-refractivity contribution in [1.82, 2.24) is 0 Å². The van der Waals surface area contributed by atoms with Crippen molar-refractivity contribution in [2.45, 2.75) is 52.4 Å². The molecule has 0 aliphatic carbocycles. The molecule has 0 bridgehead atoms. The lowest BCUT2D eigenvalue weighted by molar-refractivity contribution is 0.293. The normalized spacial score (nSPS) is 13.4. The first-order valence-corrected chi connectivity index (χ1v) is 9.78. The van der Waals surface area contributed by atoms with E-state index in [1.165, 1.54) is 22.3 Å². The van der Waals surface area contributed by atoms with Crippen molar-refractivity contribution in [3.05, 3.63) is 88.7 Å². The Kier molecular flexibility index (Phi) is 6.77. The molecule has 2 aromatic carbocycles. The van der Waals surface area contributed by atoms with E-state index in [1.807, 2.05) is 25.1 Å². The molecule has 0 heterocycles. The fourth-order valence-electron chi connectivity index (χ4n) is 3.22. The summed E-state index contributed by atoms with van der Waals surface area (Å²) in [5.41, 5.74) is 5.01. The maximum absolute atomic E-state index is 5.31. The second-order valence-corrected chi connectivity index (χ2v) is 8.39. The quantitative estimate of drug-likeness (QED) is 0.390. The zero-order chi connectivity index (χ0) is 20.9. The highest BCUT2D eigenvalue weighted by Gasteiger charge is 2.27. The molecule has 2 rings (SSSR count). The van der Waals surface area contributed by atoms with Crippen LogP contribution in [0.5, 0.6) is 5.75 Å². The second kappa shape index (κ2) is 8.68. The molecular weight excluding hydrogens is 344 g/mol. The van der Waals surface area contributed by atoms with Crippen LogP contribution in [0, 0.1) is 0 Å². The molecule has 2 heteroatoms. The van der Waals surface area contributed by atoms with Crippen LogP contribution in [0.25, 0.3) is 0 Å². The first-order chi connectivity index (χ1) is 13.1. The predicted molar refractivity (Wildman–Crippen MR) is 119 cm³/mol. The van der Waals surface area contributed by atoms with Gasteiger partial charge in [-0.05, 0) is 48.7 Å². The van der Waals surface area contributed by atoms with Crippen molar-refractivity contribution < 1.29 is 9.47 Å². The van der Waals surface area contributed by atoms with Crippen LogP contribution in [0.2, 0.25) is 0 Å². The number of ether oxygens (including phenoxy) is 2. The minimum Gasteiger partial charge on any atom is -0.501 e. The van der Waals surface area contributed by atoms with Crippen LogP contribution in [0.3, 0.4) is 0 Å². The van der Waals surface area contributed by atoms with Crippen LogP contribution in [0.4, 0.5) is 0 Å². The third kappa shape index (κ3) is 4.67. The van der Waals surface area contributed by atoms with E-state index >= 15 is 0 Å². The van der Waals surface area contributed by atoms with E-state index in [-0.39, 0.29) is 10.8 Å². The molecule has 0 spiro atoms. The number of rotatable bonds is 7. The molecule has 0 saturated carbocycles. The van der Waals surface area contributed by atoms with Gasteiger partial charge in [0.1, 0.15) is 5.75 Å². The number of benzene rings is 2. The molecule has 0 fully saturated rings. The zero-order valence-corrected chi connectivity index (χ0v) is 18.6. The number of hydrogen-bond donors (Lipinski definition) is 0. The van der Waals surface area contributed by atoms with Gasteiger partial charge in [-0.15, -0.1) is 0 Å². The van der Waals surface area contributed by atoms with Gasteiger partial charge in [0.2, 0.25) is 0 Å². The van der Waals surface area contributed by atoms with Gasteiger partial charge in [-0.3, -0.25) is 0 Å². The Hall–Kier alpha value is -2.48. The van der Waals surface area contributed by atoms with Gasteiger partial charge < -0.3 is 9.47 Å². The van der Waals surface area contributed by atoms with Crippen LogP contribution >= 0.6 is 0 Å². The highest BCUT2D eigenvalue weighted by molar-refractivity contribution is 5.44. The third-order valence-corrected chi connectivity index (χ3v) is 5.99. The van der Waals surface area contributed by atoms with Crippen molar-refractivity contribution in [3.63, 3.8) is 0 Å². The summed E-state index contributed by atoms with van der Waals surface area (Å²) in [6, 6.07) is 17.3. The van der Waals surface area contributed by atoms with Gasteiger partial charge in [0.05, 0.1) is 20.0 Å². The maximum atomic E-state index is 5.31. The minimum absolute atomic E-state index is 0.0729. The molecule has 0 unspecified atom stereocenters. The lowest BCUT2D eigenvalue weighted by atomic mass is 9.73. The minimum atomic E-state index is -0.0947. The monoisotopic (exact) mass is 378 g/mol. The van der Waals surface area contributed by atoms with Gasteiger partial charge in [-0.1, -0.05) is 75.7 Å². The summed E-state index contributed by atoms with van der Waals surface area (Å²) in [5, 5.41) is 0. The summed E-state index contributed by atoms with van der Waals surface area (Å²) in [4.78, 5) is 0. The summed E-state index contributed by atoms with van der Waals surface area (Å²) in [5.74, 6) is 1.79. The highest BCUT2D eigenvalue weighted by Crippen LogP contribution is 2.37. The predicted octanol–water partition coefficient (Wildman–Crippen LogP) is 6.80. The standard InChI is InChI=1S/C26H34O2/c1-19(12-13-20(2)27-7)25(3,4)22-10-9-11-23(18-22)26(5,6)21-14-16-24(28-8)17-15-21/h9-18H,1-8H3/b19-12+,20-13+. The van der Waals surface area contributed by atoms with Crippen molar-refractivity contribution in [1.29, 1.82) is 0 Å². The van der Waals surface area contributed by atoms with Crippen LogP contribution in [-0.2, 0) is 15.6 Å². The molecule has 2 nitrogen and oxygen atoms in total.